The zero-order chi connectivity index (χ0) is 11.0. The van der Waals surface area contributed by atoms with Crippen molar-refractivity contribution < 1.29 is 18.6 Å². The maximum Gasteiger partial charge on any atom is 0.511 e. The van der Waals surface area contributed by atoms with Crippen LogP contribution in [0.25, 0.3) is 0 Å². The van der Waals surface area contributed by atoms with Crippen molar-refractivity contribution in [1.82, 2.24) is 0 Å². The minimum absolute atomic E-state index is 0.0418. The molecular weight excluding hydrogens is 203 g/mol. The third-order valence-electron chi connectivity index (χ3n) is 1.66. The normalized spacial score (nSPS) is 13.1. The summed E-state index contributed by atoms with van der Waals surface area (Å²) in [6.45, 7) is 7.32. The molecule has 0 aliphatic heterocycles. The maximum absolute atomic E-state index is 11.3. The molecule has 80 valence electrons. The van der Waals surface area contributed by atoms with Crippen LogP contribution in [0, 0.1) is 0 Å². The number of esters is 1. The SMILES string of the molecule is C=CC(=O)OCCO[P+](=O)C(C)CC. The van der Waals surface area contributed by atoms with Crippen LogP contribution in [0.2, 0.25) is 0 Å². The number of hydrogen-bond acceptors (Lipinski definition) is 4. The molecule has 0 saturated carbocycles. The highest BCUT2D eigenvalue weighted by molar-refractivity contribution is 7.40. The summed E-state index contributed by atoms with van der Waals surface area (Å²) in [4.78, 5) is 10.6. The largest absolute Gasteiger partial charge is 0.511 e. The smallest absolute Gasteiger partial charge is 0.460 e. The lowest BCUT2D eigenvalue weighted by molar-refractivity contribution is -0.138. The lowest BCUT2D eigenvalue weighted by atomic mass is 10.4. The molecule has 0 heterocycles. The standard InChI is InChI=1S/C9H16O4P/c1-4-8(3)14(11)13-7-6-12-9(10)5-2/h5,8H,2,4,6-7H2,1,3H3/q+1. The van der Waals surface area contributed by atoms with Gasteiger partial charge in [-0.15, -0.1) is 4.52 Å². The van der Waals surface area contributed by atoms with Gasteiger partial charge in [0.1, 0.15) is 13.2 Å². The van der Waals surface area contributed by atoms with E-state index in [9.17, 15) is 9.36 Å². The van der Waals surface area contributed by atoms with E-state index in [0.29, 0.717) is 0 Å². The molecule has 0 saturated heterocycles. The van der Waals surface area contributed by atoms with Crippen molar-refractivity contribution in [3.05, 3.63) is 12.7 Å². The molecule has 0 spiro atoms. The van der Waals surface area contributed by atoms with Gasteiger partial charge in [-0.1, -0.05) is 13.5 Å². The van der Waals surface area contributed by atoms with Gasteiger partial charge in [0.15, 0.2) is 5.66 Å². The van der Waals surface area contributed by atoms with Crippen molar-refractivity contribution in [2.24, 2.45) is 0 Å². The van der Waals surface area contributed by atoms with Gasteiger partial charge in [0.05, 0.1) is 0 Å². The molecule has 0 aromatic carbocycles. The van der Waals surface area contributed by atoms with Crippen molar-refractivity contribution in [3.8, 4) is 0 Å². The first-order valence-electron chi connectivity index (χ1n) is 4.50. The van der Waals surface area contributed by atoms with Crippen LogP contribution < -0.4 is 0 Å². The van der Waals surface area contributed by atoms with Crippen LogP contribution in [0.1, 0.15) is 20.3 Å². The Bertz CT molecular complexity index is 215. The van der Waals surface area contributed by atoms with Crippen LogP contribution in [0.5, 0.6) is 0 Å². The van der Waals surface area contributed by atoms with Gasteiger partial charge >= 0.3 is 14.0 Å². The van der Waals surface area contributed by atoms with Crippen LogP contribution in [0.15, 0.2) is 12.7 Å². The Morgan fingerprint density at radius 3 is 2.71 bits per heavy atom. The van der Waals surface area contributed by atoms with E-state index in [-0.39, 0.29) is 18.9 Å². The molecule has 0 aliphatic rings. The Morgan fingerprint density at radius 2 is 2.21 bits per heavy atom. The predicted molar refractivity (Wildman–Crippen MR) is 54.5 cm³/mol. The van der Waals surface area contributed by atoms with Gasteiger partial charge in [0, 0.05) is 6.08 Å². The quantitative estimate of drug-likeness (QED) is 0.285. The monoisotopic (exact) mass is 219 g/mol. The van der Waals surface area contributed by atoms with Crippen molar-refractivity contribution in [2.45, 2.75) is 25.9 Å². The highest BCUT2D eigenvalue weighted by Gasteiger charge is 2.25. The lowest BCUT2D eigenvalue weighted by Crippen LogP contribution is -2.07. The fraction of sp³-hybridized carbons (Fsp3) is 0.667. The van der Waals surface area contributed by atoms with Gasteiger partial charge in [-0.05, 0) is 17.9 Å². The fourth-order valence-electron chi connectivity index (χ4n) is 0.605. The highest BCUT2D eigenvalue weighted by Crippen LogP contribution is 2.30. The molecule has 14 heavy (non-hydrogen) atoms. The maximum atomic E-state index is 11.3. The summed E-state index contributed by atoms with van der Waals surface area (Å²) in [5, 5.41) is 0. The van der Waals surface area contributed by atoms with E-state index in [1.165, 1.54) is 0 Å². The van der Waals surface area contributed by atoms with E-state index in [1.807, 2.05) is 13.8 Å². The number of rotatable bonds is 7. The van der Waals surface area contributed by atoms with Crippen LogP contribution in [-0.2, 0) is 18.6 Å². The third kappa shape index (κ3) is 5.84. The minimum atomic E-state index is -1.64. The number of carbonyl (C=O) groups is 1. The summed E-state index contributed by atoms with van der Waals surface area (Å²) in [5.74, 6) is -0.493. The molecule has 4 nitrogen and oxygen atoms in total. The molecule has 0 N–H and O–H groups in total. The van der Waals surface area contributed by atoms with E-state index in [4.69, 9.17) is 4.52 Å². The fourth-order valence-corrected chi connectivity index (χ4v) is 1.41. The average Bonchev–Trinajstić information content (AvgIpc) is 2.22. The summed E-state index contributed by atoms with van der Waals surface area (Å²) in [6, 6.07) is 0. The number of hydrogen-bond donors (Lipinski definition) is 0. The van der Waals surface area contributed by atoms with Crippen LogP contribution in [-0.4, -0.2) is 24.8 Å². The molecule has 0 bridgehead atoms. The van der Waals surface area contributed by atoms with Crippen LogP contribution in [0.3, 0.4) is 0 Å². The molecule has 0 aliphatic carbocycles. The van der Waals surface area contributed by atoms with E-state index >= 15 is 0 Å². The first kappa shape index (κ1) is 13.3. The Labute approximate surface area is 85.1 Å². The highest BCUT2D eigenvalue weighted by atomic mass is 31.1. The van der Waals surface area contributed by atoms with Gasteiger partial charge in [0.2, 0.25) is 0 Å². The first-order chi connectivity index (χ1) is 6.61. The van der Waals surface area contributed by atoms with Crippen LogP contribution in [0.4, 0.5) is 0 Å². The van der Waals surface area contributed by atoms with E-state index in [1.54, 1.807) is 0 Å². The second-order valence-corrected chi connectivity index (χ2v) is 4.46. The zero-order valence-corrected chi connectivity index (χ0v) is 9.46. The van der Waals surface area contributed by atoms with Crippen molar-refractivity contribution in [2.75, 3.05) is 13.2 Å². The van der Waals surface area contributed by atoms with Gasteiger partial charge in [-0.3, -0.25) is 0 Å². The van der Waals surface area contributed by atoms with Crippen molar-refractivity contribution in [1.29, 1.82) is 0 Å². The molecule has 0 amide bonds. The molecule has 0 aromatic rings. The topological polar surface area (TPSA) is 52.6 Å². The molecule has 0 aromatic heterocycles. The zero-order valence-electron chi connectivity index (χ0n) is 8.56. The van der Waals surface area contributed by atoms with Crippen molar-refractivity contribution in [3.63, 3.8) is 0 Å². The number of ether oxygens (including phenoxy) is 1. The molecule has 0 fully saturated rings. The van der Waals surface area contributed by atoms with Gasteiger partial charge < -0.3 is 4.74 Å². The van der Waals surface area contributed by atoms with Crippen LogP contribution >= 0.6 is 8.03 Å². The van der Waals surface area contributed by atoms with E-state index < -0.39 is 14.0 Å². The van der Waals surface area contributed by atoms with Crippen molar-refractivity contribution >= 4 is 14.0 Å². The summed E-state index contributed by atoms with van der Waals surface area (Å²) in [5.41, 5.74) is 0.0418. The van der Waals surface area contributed by atoms with Gasteiger partial charge in [-0.25, -0.2) is 4.79 Å². The summed E-state index contributed by atoms with van der Waals surface area (Å²) in [7, 11) is -1.64. The molecule has 0 rings (SSSR count). The lowest BCUT2D eigenvalue weighted by Gasteiger charge is -1.98. The second kappa shape index (κ2) is 7.65. The Kier molecular flexibility index (Phi) is 7.25. The predicted octanol–water partition coefficient (Wildman–Crippen LogP) is 2.27. The molecule has 2 atom stereocenters. The molecule has 2 unspecified atom stereocenters. The first-order valence-corrected chi connectivity index (χ1v) is 5.75. The van der Waals surface area contributed by atoms with E-state index in [0.717, 1.165) is 12.5 Å². The van der Waals surface area contributed by atoms with E-state index in [2.05, 4.69) is 11.3 Å². The number of carbonyl (C=O) groups excluding carboxylic acids is 1. The van der Waals surface area contributed by atoms with Gasteiger partial charge in [-0.2, -0.15) is 0 Å². The average molecular weight is 219 g/mol. The Hall–Kier alpha value is -0.730. The second-order valence-electron chi connectivity index (χ2n) is 2.75. The summed E-state index contributed by atoms with van der Waals surface area (Å²) < 4.78 is 20.9. The Balaban J connectivity index is 3.50. The summed E-state index contributed by atoms with van der Waals surface area (Å²) in [6.07, 6.45) is 1.89. The molecular formula is C9H16O4P+. The third-order valence-corrected chi connectivity index (χ3v) is 3.19. The molecule has 5 heteroatoms. The summed E-state index contributed by atoms with van der Waals surface area (Å²) >= 11 is 0. The van der Waals surface area contributed by atoms with Gasteiger partial charge in [0.25, 0.3) is 0 Å². The Morgan fingerprint density at radius 1 is 1.57 bits per heavy atom. The minimum Gasteiger partial charge on any atom is -0.460 e. The molecule has 0 radical (unpaired) electrons.